The number of fused-ring (bicyclic) bond motifs is 1. The summed E-state index contributed by atoms with van der Waals surface area (Å²) in [5, 5.41) is 23.2. The van der Waals surface area contributed by atoms with Crippen LogP contribution in [-0.4, -0.2) is 153 Å². The molecule has 2 unspecified atom stereocenters. The van der Waals surface area contributed by atoms with Crippen LogP contribution in [0.4, 0.5) is 15.9 Å². The van der Waals surface area contributed by atoms with Gasteiger partial charge >= 0.3 is 0 Å². The van der Waals surface area contributed by atoms with Gasteiger partial charge in [-0.1, -0.05) is 6.58 Å². The molecule has 3 aromatic rings. The number of aliphatic imine (C=N–C) groups is 2. The summed E-state index contributed by atoms with van der Waals surface area (Å²) in [6.45, 7) is 16.7. The SMILES string of the molecule is C=C(/N=C(\C=C(/C)Nc1cc(C)[nH]n1)CCCCC(=O)NCCCCN1CCN(c2ccc3c(c2)CN(C2CCC(=O)NC2=O)C3=O)CC1)N1CCC(OC)(C(=O)N[C@@H](C)C2C=NC(n3cc(F)cn3)=CC2)CC1. The van der Waals surface area contributed by atoms with Gasteiger partial charge in [0.25, 0.3) is 11.8 Å². The van der Waals surface area contributed by atoms with Crippen LogP contribution in [-0.2, 0) is 30.5 Å². The lowest BCUT2D eigenvalue weighted by molar-refractivity contribution is -0.149. The number of carbonyl (C=O) groups excluding carboxylic acids is 5. The third-order valence-corrected chi connectivity index (χ3v) is 14.7. The molecule has 3 fully saturated rings. The highest BCUT2D eigenvalue weighted by atomic mass is 19.1. The highest BCUT2D eigenvalue weighted by molar-refractivity contribution is 6.05. The minimum atomic E-state index is -1.01. The number of hydrogen-bond donors (Lipinski definition) is 5. The van der Waals surface area contributed by atoms with Crippen molar-refractivity contribution in [3.8, 4) is 0 Å². The zero-order valence-corrected chi connectivity index (χ0v) is 43.1. The van der Waals surface area contributed by atoms with E-state index in [2.05, 4.69) is 68.9 Å². The number of allylic oxidation sites excluding steroid dienone is 3. The number of nitrogens with zero attached hydrogens (tertiary/aromatic N) is 9. The third kappa shape index (κ3) is 13.4. The number of anilines is 2. The summed E-state index contributed by atoms with van der Waals surface area (Å²) in [6, 6.07) is 7.00. The van der Waals surface area contributed by atoms with Gasteiger partial charge in [-0.3, -0.25) is 39.3 Å². The number of benzene rings is 1. The van der Waals surface area contributed by atoms with Crippen molar-refractivity contribution in [1.29, 1.82) is 0 Å². The van der Waals surface area contributed by atoms with Gasteiger partial charge in [-0.25, -0.2) is 19.1 Å². The molecule has 5 aliphatic rings. The number of halogens is 1. The van der Waals surface area contributed by atoms with Gasteiger partial charge < -0.3 is 35.4 Å². The second kappa shape index (κ2) is 24.4. The molecule has 8 rings (SSSR count). The van der Waals surface area contributed by atoms with Crippen LogP contribution in [0.1, 0.15) is 106 Å². The van der Waals surface area contributed by atoms with Crippen LogP contribution in [0, 0.1) is 18.7 Å². The average molecular weight is 1020 g/mol. The number of aromatic nitrogens is 4. The number of nitrogens with one attached hydrogen (secondary N) is 5. The van der Waals surface area contributed by atoms with Crippen molar-refractivity contribution >= 4 is 58.8 Å². The molecule has 396 valence electrons. The molecule has 0 spiro atoms. The Hall–Kier alpha value is -7.00. The second-order valence-corrected chi connectivity index (χ2v) is 20.0. The molecule has 7 heterocycles. The number of hydrogen-bond acceptors (Lipinski definition) is 14. The number of H-pyrrole nitrogens is 1. The Morgan fingerprint density at radius 1 is 1.05 bits per heavy atom. The van der Waals surface area contributed by atoms with Gasteiger partial charge in [-0.2, -0.15) is 10.2 Å². The lowest BCUT2D eigenvalue weighted by Gasteiger charge is -2.41. The predicted molar refractivity (Wildman–Crippen MR) is 280 cm³/mol. The molecule has 0 bridgehead atoms. The number of rotatable bonds is 22. The first-order valence-corrected chi connectivity index (χ1v) is 26.0. The molecule has 0 aliphatic carbocycles. The molecule has 5 amide bonds. The average Bonchev–Trinajstić information content (AvgIpc) is 4.12. The van der Waals surface area contributed by atoms with E-state index in [-0.39, 0.29) is 42.0 Å². The van der Waals surface area contributed by atoms with E-state index in [1.807, 2.05) is 51.1 Å². The van der Waals surface area contributed by atoms with E-state index < -0.39 is 23.4 Å². The van der Waals surface area contributed by atoms with Crippen molar-refractivity contribution in [2.24, 2.45) is 15.9 Å². The van der Waals surface area contributed by atoms with Crippen LogP contribution in [0.3, 0.4) is 0 Å². The van der Waals surface area contributed by atoms with Gasteiger partial charge in [0.2, 0.25) is 17.7 Å². The van der Waals surface area contributed by atoms with E-state index in [9.17, 15) is 28.4 Å². The van der Waals surface area contributed by atoms with Crippen molar-refractivity contribution in [1.82, 2.24) is 50.6 Å². The molecule has 5 aliphatic heterocycles. The molecule has 20 nitrogen and oxygen atoms in total. The monoisotopic (exact) mass is 1020 g/mol. The Kier molecular flexibility index (Phi) is 17.5. The maximum absolute atomic E-state index is 13.8. The lowest BCUT2D eigenvalue weighted by Crippen LogP contribution is -2.57. The first-order chi connectivity index (χ1) is 35.7. The van der Waals surface area contributed by atoms with Gasteiger partial charge in [0.1, 0.15) is 23.3 Å². The fourth-order valence-electron chi connectivity index (χ4n) is 10.3. The zero-order valence-electron chi connectivity index (χ0n) is 43.1. The Morgan fingerprint density at radius 3 is 2.53 bits per heavy atom. The topological polar surface area (TPSA) is 227 Å². The molecule has 0 radical (unpaired) electrons. The van der Waals surface area contributed by atoms with Gasteiger partial charge in [-0.05, 0) is 108 Å². The molecule has 3 atom stereocenters. The van der Waals surface area contributed by atoms with Crippen molar-refractivity contribution in [3.05, 3.63) is 89.5 Å². The molecule has 3 saturated heterocycles. The van der Waals surface area contributed by atoms with Crippen LogP contribution in [0.2, 0.25) is 0 Å². The minimum absolute atomic E-state index is 0.0366. The Bertz CT molecular complexity index is 2670. The molecular formula is C53H71FN14O6. The summed E-state index contributed by atoms with van der Waals surface area (Å²) in [6.07, 6.45) is 14.5. The van der Waals surface area contributed by atoms with Gasteiger partial charge in [0.15, 0.2) is 11.6 Å². The Morgan fingerprint density at radius 2 is 1.84 bits per heavy atom. The summed E-state index contributed by atoms with van der Waals surface area (Å²) >= 11 is 0. The van der Waals surface area contributed by atoms with E-state index in [0.717, 1.165) is 86.5 Å². The largest absolute Gasteiger partial charge is 0.369 e. The number of aromatic amines is 1. The Labute approximate surface area is 432 Å². The van der Waals surface area contributed by atoms with E-state index in [1.165, 1.54) is 10.9 Å². The van der Waals surface area contributed by atoms with E-state index in [4.69, 9.17) is 9.73 Å². The number of carbonyl (C=O) groups is 5. The molecule has 21 heteroatoms. The molecule has 2 aromatic heterocycles. The van der Waals surface area contributed by atoms with Crippen molar-refractivity contribution in [2.45, 2.75) is 116 Å². The number of imide groups is 1. The van der Waals surface area contributed by atoms with Crippen LogP contribution < -0.4 is 26.2 Å². The Balaban J connectivity index is 0.740. The molecule has 1 aromatic carbocycles. The van der Waals surface area contributed by atoms with Gasteiger partial charge in [0.05, 0.1) is 12.4 Å². The van der Waals surface area contributed by atoms with Gasteiger partial charge in [-0.15, -0.1) is 0 Å². The van der Waals surface area contributed by atoms with Crippen LogP contribution in [0.5, 0.6) is 0 Å². The summed E-state index contributed by atoms with van der Waals surface area (Å²) in [7, 11) is 1.57. The van der Waals surface area contributed by atoms with E-state index in [1.54, 1.807) is 18.2 Å². The normalized spacial score (nSPS) is 20.8. The molecule has 74 heavy (non-hydrogen) atoms. The highest BCUT2D eigenvalue weighted by Gasteiger charge is 2.43. The number of methoxy groups -OCH3 is 1. The molecule has 5 N–H and O–H groups in total. The number of unbranched alkanes of at least 4 members (excludes halogenated alkanes) is 2. The number of aryl methyl sites for hydroxylation is 1. The van der Waals surface area contributed by atoms with Crippen LogP contribution in [0.15, 0.2) is 76.9 Å². The lowest BCUT2D eigenvalue weighted by atomic mass is 9.88. The van der Waals surface area contributed by atoms with Crippen molar-refractivity contribution < 1.29 is 33.1 Å². The summed E-state index contributed by atoms with van der Waals surface area (Å²) in [5.74, 6) is 0.349. The summed E-state index contributed by atoms with van der Waals surface area (Å²) in [5.41, 5.74) is 4.20. The smallest absolute Gasteiger partial charge is 0.255 e. The quantitative estimate of drug-likeness (QED) is 0.0515. The maximum Gasteiger partial charge on any atom is 0.255 e. The maximum atomic E-state index is 13.8. The van der Waals surface area contributed by atoms with Crippen LogP contribution >= 0.6 is 0 Å². The molecule has 0 saturated carbocycles. The number of piperidine rings is 2. The van der Waals surface area contributed by atoms with E-state index in [0.29, 0.717) is 94.1 Å². The standard InChI is InChI=1S/C53H71FN14O6/c1-35(58-46-29-36(2)62-63-46)28-42(60-38(4)65-22-18-53(74-5,19-23-65)52(73)59-37(3)39-12-16-47(56-31-39)68-34-41(54)32-57-68)10-6-7-11-48(69)55-20-8-9-21-64-24-26-66(27-25-64)43-13-14-44-40(30-43)33-67(51(44)72)45-15-17-49(70)61-50(45)71/h13-14,16,28-32,34,37,39,45H,4,6-12,15,17-27,33H2,1-3,5H3,(H,55,69)(H,59,73)(H2,58,62,63)(H,61,70,71)/b35-28+,60-42-/t37-,39?,45?/m0/s1. The summed E-state index contributed by atoms with van der Waals surface area (Å²) in [4.78, 5) is 81.9. The van der Waals surface area contributed by atoms with Crippen molar-refractivity contribution in [2.75, 3.05) is 69.7 Å². The minimum Gasteiger partial charge on any atom is -0.369 e. The van der Waals surface area contributed by atoms with Crippen LogP contribution in [0.25, 0.3) is 5.82 Å². The fraction of sp³-hybridized carbons (Fsp3) is 0.528. The first-order valence-electron chi connectivity index (χ1n) is 26.0. The first kappa shape index (κ1) is 53.3. The zero-order chi connectivity index (χ0) is 52.4. The highest BCUT2D eigenvalue weighted by Crippen LogP contribution is 2.32. The number of ether oxygens (including phenoxy) is 1. The third-order valence-electron chi connectivity index (χ3n) is 14.7. The predicted octanol–water partition coefficient (Wildman–Crippen LogP) is 4.90. The van der Waals surface area contributed by atoms with Crippen molar-refractivity contribution in [3.63, 3.8) is 0 Å². The fourth-order valence-corrected chi connectivity index (χ4v) is 10.3. The molecular weight excluding hydrogens is 948 g/mol. The number of piperazine rings is 1. The number of amides is 5. The summed E-state index contributed by atoms with van der Waals surface area (Å²) < 4.78 is 20.8. The number of likely N-dealkylation sites (tertiary alicyclic amines) is 1. The van der Waals surface area contributed by atoms with E-state index >= 15 is 0 Å². The van der Waals surface area contributed by atoms with Gasteiger partial charge in [0, 0.05) is 138 Å². The second-order valence-electron chi connectivity index (χ2n) is 20.0.